The highest BCUT2D eigenvalue weighted by Gasteiger charge is 2.47. The second kappa shape index (κ2) is 23.0. The van der Waals surface area contributed by atoms with Crippen LogP contribution in [0.5, 0.6) is 0 Å². The summed E-state index contributed by atoms with van der Waals surface area (Å²) in [5.41, 5.74) is 18.7. The number of hydrogen-bond donors (Lipinski definition) is 15. The monoisotopic (exact) mass is 1110 g/mol. The van der Waals surface area contributed by atoms with Crippen molar-refractivity contribution in [1.82, 2.24) is 58.6 Å². The summed E-state index contributed by atoms with van der Waals surface area (Å²) in [5, 5.41) is 60.2. The Morgan fingerprint density at radius 3 is 0.901 bits per heavy atom. The molecule has 9 rings (SSSR count). The molecule has 0 radical (unpaired) electrons. The molecule has 14 atom stereocenters. The minimum absolute atomic E-state index is 0. The number of aliphatic hydroxyl groups excluding tert-OH is 6. The van der Waals surface area contributed by atoms with E-state index in [9.17, 15) is 44.3 Å². The molecule has 18 N–H and O–H groups in total. The molecule has 0 amide bonds. The molecular weight excluding hydrogens is 1060 g/mol. The van der Waals surface area contributed by atoms with Crippen molar-refractivity contribution in [1.29, 1.82) is 0 Å². The summed E-state index contributed by atoms with van der Waals surface area (Å²) in [6, 6.07) is 0. The molecule has 41 heteroatoms. The first-order valence-corrected chi connectivity index (χ1v) is 23.9. The van der Waals surface area contributed by atoms with Crippen LogP contribution in [0.3, 0.4) is 0 Å². The van der Waals surface area contributed by atoms with E-state index in [0.29, 0.717) is 16.6 Å². The van der Waals surface area contributed by atoms with E-state index in [1.54, 1.807) is 0 Å². The highest BCUT2D eigenvalue weighted by Crippen LogP contribution is 2.41. The van der Waals surface area contributed by atoms with Crippen LogP contribution in [-0.4, -0.2) is 193 Å². The first-order valence-electron chi connectivity index (χ1n) is 19.3. The maximum Gasteiger partial charge on any atom is 0.469 e. The van der Waals surface area contributed by atoms with E-state index in [4.69, 9.17) is 60.8 Å². The fourth-order valence-corrected chi connectivity index (χ4v) is 7.99. The molecule has 0 aromatic carbocycles. The van der Waals surface area contributed by atoms with E-state index in [0.717, 1.165) is 0 Å². The van der Waals surface area contributed by atoms with Gasteiger partial charge in [-0.15, -0.1) is 0 Å². The maximum absolute atomic E-state index is 10.7. The van der Waals surface area contributed by atoms with Gasteiger partial charge >= 0.3 is 23.5 Å². The molecule has 6 aromatic heterocycles. The van der Waals surface area contributed by atoms with Gasteiger partial charge in [-0.05, 0) is 0 Å². The Morgan fingerprint density at radius 2 is 0.676 bits per heavy atom. The quantitative estimate of drug-likeness (QED) is 0.0508. The summed E-state index contributed by atoms with van der Waals surface area (Å²) < 4.78 is 65.4. The number of nitrogens with zero attached hydrogens (tertiary/aromatic N) is 12. The van der Waals surface area contributed by atoms with Gasteiger partial charge in [0, 0.05) is 0 Å². The molecule has 3 fully saturated rings. The number of phosphoric acid groups is 3. The zero-order valence-corrected chi connectivity index (χ0v) is 41.4. The normalized spacial score (nSPS) is 27.7. The van der Waals surface area contributed by atoms with E-state index in [-0.39, 0.29) is 54.2 Å². The average Bonchev–Trinajstić information content (AvgIpc) is 4.14. The molecule has 0 spiro atoms. The fourth-order valence-electron chi connectivity index (χ4n) is 6.97. The van der Waals surface area contributed by atoms with Gasteiger partial charge < -0.3 is 91.4 Å². The van der Waals surface area contributed by atoms with Gasteiger partial charge in [0.25, 0.3) is 0 Å². The summed E-state index contributed by atoms with van der Waals surface area (Å²) in [6.45, 7) is -1.78. The largest absolute Gasteiger partial charge is 0.469 e. The number of aliphatic hydroxyl groups is 6. The molecule has 36 nitrogen and oxygen atoms in total. The first kappa shape index (κ1) is 57.8. The van der Waals surface area contributed by atoms with Crippen molar-refractivity contribution in [3.05, 3.63) is 38.0 Å². The molecule has 3 saturated heterocycles. The zero-order valence-electron chi connectivity index (χ0n) is 35.9. The summed E-state index contributed by atoms with van der Waals surface area (Å²) >= 11 is 0. The van der Waals surface area contributed by atoms with Gasteiger partial charge in [0.15, 0.2) is 53.1 Å². The second-order valence-electron chi connectivity index (χ2n) is 14.7. The van der Waals surface area contributed by atoms with E-state index in [1.807, 2.05) is 0 Å². The van der Waals surface area contributed by atoms with E-state index < -0.39 is 117 Å². The molecule has 0 aliphatic carbocycles. The molecule has 6 aromatic rings. The van der Waals surface area contributed by atoms with E-state index in [1.165, 1.54) is 51.7 Å². The lowest BCUT2D eigenvalue weighted by Crippen LogP contribution is -2.33. The Morgan fingerprint density at radius 1 is 0.437 bits per heavy atom. The Balaban J connectivity index is 0.000000195. The maximum atomic E-state index is 10.7. The molecule has 0 bridgehead atoms. The molecular formula is C30H48N15O21P5. The summed E-state index contributed by atoms with van der Waals surface area (Å²) in [6.07, 6.45) is -7.47. The average molecular weight is 1110 g/mol. The van der Waals surface area contributed by atoms with Crippen LogP contribution in [0.25, 0.3) is 33.5 Å². The van der Waals surface area contributed by atoms with Crippen LogP contribution >= 0.6 is 43.3 Å². The summed E-state index contributed by atoms with van der Waals surface area (Å²) in [7, 11) is -14.2. The lowest BCUT2D eigenvalue weighted by Gasteiger charge is -2.16. The van der Waals surface area contributed by atoms with Crippen LogP contribution in [0, 0.1) is 0 Å². The van der Waals surface area contributed by atoms with Crippen LogP contribution in [-0.2, 0) is 41.5 Å². The zero-order chi connectivity index (χ0) is 50.3. The molecule has 0 saturated carbocycles. The van der Waals surface area contributed by atoms with Gasteiger partial charge in [-0.25, -0.2) is 58.6 Å². The van der Waals surface area contributed by atoms with Crippen molar-refractivity contribution in [3.8, 4) is 0 Å². The summed E-state index contributed by atoms with van der Waals surface area (Å²) in [4.78, 5) is 87.6. The van der Waals surface area contributed by atoms with E-state index >= 15 is 0 Å². The van der Waals surface area contributed by atoms with Gasteiger partial charge in [-0.2, -0.15) is 19.8 Å². The first-order chi connectivity index (χ1) is 32.3. The Bertz CT molecular complexity index is 2600. The van der Waals surface area contributed by atoms with Crippen LogP contribution in [0.2, 0.25) is 0 Å². The number of rotatable bonds is 12. The lowest BCUT2D eigenvalue weighted by molar-refractivity contribution is -0.0504. The molecule has 3 aliphatic rings. The highest BCUT2D eigenvalue weighted by molar-refractivity contribution is 7.46. The van der Waals surface area contributed by atoms with Crippen LogP contribution in [0.1, 0.15) is 18.7 Å². The van der Waals surface area contributed by atoms with Crippen molar-refractivity contribution in [3.63, 3.8) is 0 Å². The number of phosphoric ester groups is 3. The molecule has 9 heterocycles. The van der Waals surface area contributed by atoms with Gasteiger partial charge in [0.05, 0.1) is 38.8 Å². The topological polar surface area (TPSA) is 558 Å². The van der Waals surface area contributed by atoms with Crippen LogP contribution in [0.15, 0.2) is 38.0 Å². The Kier molecular flexibility index (Phi) is 18.7. The number of aromatic nitrogens is 12. The Labute approximate surface area is 402 Å². The fraction of sp³-hybridized carbons (Fsp3) is 0.500. The number of ether oxygens (including phenoxy) is 3. The van der Waals surface area contributed by atoms with Crippen molar-refractivity contribution < 1.29 is 101 Å². The van der Waals surface area contributed by atoms with Gasteiger partial charge in [-0.1, -0.05) is 0 Å². The molecule has 394 valence electrons. The number of hydrogen-bond acceptors (Lipinski definition) is 27. The predicted octanol–water partition coefficient (Wildman–Crippen LogP) is -5.47. The van der Waals surface area contributed by atoms with Crippen molar-refractivity contribution in [2.45, 2.75) is 73.6 Å². The predicted molar refractivity (Wildman–Crippen MR) is 243 cm³/mol. The smallest absolute Gasteiger partial charge is 0.387 e. The Hall–Kier alpha value is -4.12. The number of imidazole rings is 3. The van der Waals surface area contributed by atoms with Gasteiger partial charge in [0.1, 0.15) is 90.5 Å². The standard InChI is InChI=1S/3C10H14N5O7P.2H3P/c3*11-8-5-9(13-2-12-8)15(3-14-5)10-7(17)6(16)4(22-10)1-21-23(18,19)20;;/h3*2-4,6-7,10,16-17H,1H2,(H2,11,12,13)(H2,18,19,20);2*1H3/t3*4-,6-,7-,10-;;/m111../s1. The SMILES string of the molecule is Nc1ncnc2c1ncn2[C@@H]1O[C@H](COP(=O)(O)O)[C@@H](O)[C@H]1O.Nc1ncnc2c1ncn2[C@@H]1O[C@H](COP(=O)(O)O)[C@@H](O)[C@H]1O.Nc1ncnc2c1ncn2[C@@H]1O[C@H](COP(=O)(O)O)[C@@H](O)[C@H]1O.P.P. The van der Waals surface area contributed by atoms with Gasteiger partial charge in [-0.3, -0.25) is 27.3 Å². The number of fused-ring (bicyclic) bond motifs is 3. The molecule has 2 unspecified atom stereocenters. The lowest BCUT2D eigenvalue weighted by atomic mass is 10.1. The van der Waals surface area contributed by atoms with Crippen LogP contribution in [0.4, 0.5) is 17.5 Å². The van der Waals surface area contributed by atoms with Crippen molar-refractivity contribution >= 4 is 94.2 Å². The minimum atomic E-state index is -4.72. The minimum Gasteiger partial charge on any atom is -0.387 e. The van der Waals surface area contributed by atoms with Crippen molar-refractivity contribution in [2.24, 2.45) is 0 Å². The van der Waals surface area contributed by atoms with Gasteiger partial charge in [0.2, 0.25) is 0 Å². The summed E-state index contributed by atoms with van der Waals surface area (Å²) in [5.74, 6) is 0.425. The van der Waals surface area contributed by atoms with Crippen LogP contribution < -0.4 is 17.2 Å². The molecule has 3 aliphatic heterocycles. The number of nitrogen functional groups attached to an aromatic ring is 3. The third-order valence-corrected chi connectivity index (χ3v) is 11.7. The highest BCUT2D eigenvalue weighted by atomic mass is 31.2. The second-order valence-corrected chi connectivity index (χ2v) is 18.5. The van der Waals surface area contributed by atoms with Crippen molar-refractivity contribution in [2.75, 3.05) is 37.0 Å². The number of nitrogens with two attached hydrogens (primary N) is 3. The third kappa shape index (κ3) is 13.2. The van der Waals surface area contributed by atoms with E-state index in [2.05, 4.69) is 58.4 Å². The third-order valence-electron chi connectivity index (χ3n) is 10.2. The number of anilines is 3. The molecule has 71 heavy (non-hydrogen) atoms.